The maximum absolute atomic E-state index is 11.9. The molecule has 0 radical (unpaired) electrons. The Hall–Kier alpha value is -2.14. The van der Waals surface area contributed by atoms with E-state index in [-0.39, 0.29) is 22.6 Å². The Labute approximate surface area is 132 Å². The number of hydrogen-bond donors (Lipinski definition) is 1. The van der Waals surface area contributed by atoms with Gasteiger partial charge in [-0.2, -0.15) is 10.5 Å². The van der Waals surface area contributed by atoms with Gasteiger partial charge in [-0.25, -0.2) is 4.79 Å². The quantitative estimate of drug-likeness (QED) is 0.670. The summed E-state index contributed by atoms with van der Waals surface area (Å²) in [6.45, 7) is 3.65. The molecule has 1 aromatic rings. The molecule has 1 aromatic carbocycles. The van der Waals surface area contributed by atoms with Crippen molar-refractivity contribution < 1.29 is 14.3 Å². The number of primary amides is 1. The molecule has 0 aliphatic carbocycles. The molecule has 0 aromatic heterocycles. The maximum Gasteiger partial charge on any atom is 0.338 e. The van der Waals surface area contributed by atoms with Crippen molar-refractivity contribution in [3.8, 4) is 0 Å². The summed E-state index contributed by atoms with van der Waals surface area (Å²) in [5.74, 6) is 0.0513. The van der Waals surface area contributed by atoms with Gasteiger partial charge in [-0.1, -0.05) is 12.1 Å². The second-order valence-electron chi connectivity index (χ2n) is 5.19. The summed E-state index contributed by atoms with van der Waals surface area (Å²) in [7, 11) is -0.107. The van der Waals surface area contributed by atoms with Crippen LogP contribution in [0.3, 0.4) is 0 Å². The maximum atomic E-state index is 11.9. The molecule has 1 unspecified atom stereocenters. The van der Waals surface area contributed by atoms with Crippen LogP contribution in [0.5, 0.6) is 0 Å². The van der Waals surface area contributed by atoms with Gasteiger partial charge >= 0.3 is 5.97 Å². The van der Waals surface area contributed by atoms with E-state index >= 15 is 0 Å². The highest BCUT2D eigenvalue weighted by atomic mass is 32.2. The fraction of sp³-hybridized carbons (Fsp3) is 0.235. The molecule has 4 nitrogen and oxygen atoms in total. The van der Waals surface area contributed by atoms with Crippen LogP contribution in [0.1, 0.15) is 29.8 Å². The molecule has 2 rings (SSSR count). The lowest BCUT2D eigenvalue weighted by molar-refractivity contribution is -0.114. The number of amides is 1. The molecular weight excluding hydrogens is 298 g/mol. The second-order valence-corrected chi connectivity index (χ2v) is 6.97. The lowest BCUT2D eigenvalue weighted by Gasteiger charge is -2.11. The molecule has 1 heterocycles. The van der Waals surface area contributed by atoms with E-state index in [1.165, 1.54) is 0 Å². The molecule has 0 saturated carbocycles. The van der Waals surface area contributed by atoms with Crippen LogP contribution < -0.4 is 5.73 Å². The topological polar surface area (TPSA) is 69.4 Å². The summed E-state index contributed by atoms with van der Waals surface area (Å²) in [6, 6.07) is 7.44. The van der Waals surface area contributed by atoms with Crippen LogP contribution in [0.25, 0.3) is 0 Å². The Balaban J connectivity index is 2.10. The van der Waals surface area contributed by atoms with Crippen molar-refractivity contribution in [2.75, 3.05) is 0 Å². The van der Waals surface area contributed by atoms with Gasteiger partial charge < -0.3 is 10.5 Å². The number of benzene rings is 1. The summed E-state index contributed by atoms with van der Waals surface area (Å²) in [6.07, 6.45) is 3.37. The highest BCUT2D eigenvalue weighted by Crippen LogP contribution is 2.25. The fourth-order valence-corrected chi connectivity index (χ4v) is 3.44. The van der Waals surface area contributed by atoms with Gasteiger partial charge in [-0.15, -0.1) is 0 Å². The number of esters is 1. The van der Waals surface area contributed by atoms with Gasteiger partial charge in [0, 0.05) is 11.3 Å². The van der Waals surface area contributed by atoms with Gasteiger partial charge in [0.25, 0.3) is 0 Å². The molecule has 0 bridgehead atoms. The minimum Gasteiger partial charge on any atom is -0.459 e. The summed E-state index contributed by atoms with van der Waals surface area (Å²) >= 11 is 0. The van der Waals surface area contributed by atoms with E-state index in [2.05, 4.69) is 0 Å². The van der Waals surface area contributed by atoms with Crippen LogP contribution >= 0.6 is 10.5 Å². The third-order valence-corrected chi connectivity index (χ3v) is 4.61. The van der Waals surface area contributed by atoms with Crippen molar-refractivity contribution in [2.45, 2.75) is 25.7 Å². The Morgan fingerprint density at radius 1 is 1.32 bits per heavy atom. The monoisotopic (exact) mass is 317 g/mol. The zero-order valence-electron chi connectivity index (χ0n) is 12.6. The highest BCUT2D eigenvalue weighted by molar-refractivity contribution is 8.17. The molecule has 0 spiro atoms. The Bertz CT molecular complexity index is 687. The van der Waals surface area contributed by atoms with Gasteiger partial charge in [0.15, 0.2) is 0 Å². The van der Waals surface area contributed by atoms with Gasteiger partial charge in [-0.05, 0) is 54.5 Å². The Morgan fingerprint density at radius 2 is 2.09 bits per heavy atom. The fourth-order valence-electron chi connectivity index (χ4n) is 1.95. The van der Waals surface area contributed by atoms with E-state index in [4.69, 9.17) is 10.5 Å². The second kappa shape index (κ2) is 7.22. The minimum atomic E-state index is -0.422. The first-order valence-electron chi connectivity index (χ1n) is 6.97. The largest absolute Gasteiger partial charge is 0.459 e. The van der Waals surface area contributed by atoms with Gasteiger partial charge in [0.1, 0.15) is 0 Å². The van der Waals surface area contributed by atoms with Crippen LogP contribution in [0.15, 0.2) is 47.4 Å². The summed E-state index contributed by atoms with van der Waals surface area (Å²) in [5.41, 5.74) is 7.36. The lowest BCUT2D eigenvalue weighted by atomic mass is 10.1. The minimum absolute atomic E-state index is 0.107. The standard InChI is InChI=1S/C17H19NO3S/c1-12(2)21-17(20)15-5-3-4-13(10-15)11-22-8-6-14(7-9-22)16(18)19/h3-10,12H,11H2,1-2H3,(H2,18,19). The van der Waals surface area contributed by atoms with Crippen LogP contribution in [0.4, 0.5) is 0 Å². The van der Waals surface area contributed by atoms with E-state index in [1.54, 1.807) is 18.2 Å². The van der Waals surface area contributed by atoms with Gasteiger partial charge in [0.2, 0.25) is 5.91 Å². The van der Waals surface area contributed by atoms with Gasteiger partial charge in [-0.3, -0.25) is 4.79 Å². The van der Waals surface area contributed by atoms with E-state index in [0.29, 0.717) is 11.1 Å². The van der Waals surface area contributed by atoms with Crippen LogP contribution in [-0.4, -0.2) is 23.3 Å². The van der Waals surface area contributed by atoms with Crippen LogP contribution in [0.2, 0.25) is 0 Å². The normalized spacial score (nSPS) is 16.9. The molecule has 1 aliphatic heterocycles. The molecule has 1 amide bonds. The van der Waals surface area contributed by atoms with Crippen molar-refractivity contribution >= 4 is 27.7 Å². The third-order valence-electron chi connectivity index (χ3n) is 2.97. The van der Waals surface area contributed by atoms with Crippen LogP contribution in [0, 0.1) is 0 Å². The predicted molar refractivity (Wildman–Crippen MR) is 90.8 cm³/mol. The number of carbonyl (C=O) groups is 2. The first-order valence-corrected chi connectivity index (χ1v) is 8.49. The number of nitrogens with two attached hydrogens (primary N) is 1. The third kappa shape index (κ3) is 4.43. The first-order chi connectivity index (χ1) is 10.5. The molecule has 0 saturated heterocycles. The predicted octanol–water partition coefficient (Wildman–Crippen LogP) is 2.76. The van der Waals surface area contributed by atoms with Crippen molar-refractivity contribution in [2.24, 2.45) is 5.73 Å². The molecule has 5 heteroatoms. The number of carbonyl (C=O) groups excluding carboxylic acids is 2. The number of rotatable bonds is 5. The summed E-state index contributed by atoms with van der Waals surface area (Å²) in [4.78, 5) is 23.0. The Morgan fingerprint density at radius 3 is 2.68 bits per heavy atom. The van der Waals surface area contributed by atoms with Crippen molar-refractivity contribution in [1.29, 1.82) is 0 Å². The zero-order valence-corrected chi connectivity index (χ0v) is 13.4. The number of ether oxygens (including phenoxy) is 1. The molecule has 22 heavy (non-hydrogen) atoms. The summed E-state index contributed by atoms with van der Waals surface area (Å²) in [5, 5.41) is 3.94. The average Bonchev–Trinajstić information content (AvgIpc) is 2.47. The lowest BCUT2D eigenvalue weighted by Crippen LogP contribution is -2.13. The van der Waals surface area contributed by atoms with E-state index in [0.717, 1.165) is 11.3 Å². The molecule has 116 valence electrons. The van der Waals surface area contributed by atoms with Crippen LogP contribution in [-0.2, 0) is 15.3 Å². The highest BCUT2D eigenvalue weighted by Gasteiger charge is 2.10. The first kappa shape index (κ1) is 16.2. The number of allylic oxidation sites excluding steroid dienone is 1. The molecule has 1 atom stereocenters. The molecule has 0 fully saturated rings. The average molecular weight is 317 g/mol. The van der Waals surface area contributed by atoms with E-state index in [9.17, 15) is 9.59 Å². The van der Waals surface area contributed by atoms with Crippen molar-refractivity contribution in [1.82, 2.24) is 0 Å². The van der Waals surface area contributed by atoms with Crippen molar-refractivity contribution in [3.63, 3.8) is 0 Å². The molecule has 1 aliphatic rings. The summed E-state index contributed by atoms with van der Waals surface area (Å²) < 4.78 is 5.20. The zero-order chi connectivity index (χ0) is 16.1. The molecular formula is C17H19NO3S. The SMILES string of the molecule is CC(C)OC(=O)c1cccc(CS2=CC=C(C(N)=O)C=C2)c1. The number of hydrogen-bond acceptors (Lipinski definition) is 3. The smallest absolute Gasteiger partial charge is 0.338 e. The van der Waals surface area contributed by atoms with Gasteiger partial charge in [0.05, 0.1) is 11.7 Å². The van der Waals surface area contributed by atoms with E-state index in [1.807, 2.05) is 42.8 Å². The van der Waals surface area contributed by atoms with E-state index < -0.39 is 5.91 Å². The molecule has 2 N–H and O–H groups in total. The Kier molecular flexibility index (Phi) is 5.33. The van der Waals surface area contributed by atoms with Crippen molar-refractivity contribution in [3.05, 3.63) is 58.5 Å².